The van der Waals surface area contributed by atoms with Crippen LogP contribution in [0.4, 0.5) is 0 Å². The number of nitriles is 1. The van der Waals surface area contributed by atoms with Crippen molar-refractivity contribution in [2.45, 2.75) is 53.3 Å². The zero-order valence-corrected chi connectivity index (χ0v) is 16.7. The Morgan fingerprint density at radius 3 is 2.44 bits per heavy atom. The first-order valence-corrected chi connectivity index (χ1v) is 12.4. The summed E-state index contributed by atoms with van der Waals surface area (Å²) in [6, 6.07) is 6.66. The van der Waals surface area contributed by atoms with Crippen LogP contribution in [-0.2, 0) is 11.4 Å². The first kappa shape index (κ1) is 17.7. The highest BCUT2D eigenvalue weighted by molar-refractivity contribution is 8.41. The van der Waals surface area contributed by atoms with Crippen molar-refractivity contribution in [2.24, 2.45) is 5.92 Å². The minimum atomic E-state index is -1.34. The second-order valence-corrected chi connectivity index (χ2v) is 12.1. The molecule has 0 saturated carbocycles. The molecule has 136 valence electrons. The van der Waals surface area contributed by atoms with Crippen LogP contribution in [0.15, 0.2) is 32.9 Å². The number of hydrogen-bond donors (Lipinski definition) is 0. The number of thiocyanates is 1. The molecule has 0 amide bonds. The first-order valence-electron chi connectivity index (χ1n) is 9.27. The molecule has 3 aliphatic heterocycles. The number of fused-ring (bicyclic) bond motifs is 1. The molecule has 25 heavy (non-hydrogen) atoms. The van der Waals surface area contributed by atoms with E-state index in [0.29, 0.717) is 6.04 Å². The van der Waals surface area contributed by atoms with Crippen LogP contribution in [0, 0.1) is 16.6 Å². The lowest BCUT2D eigenvalue weighted by molar-refractivity contribution is 0.101. The van der Waals surface area contributed by atoms with Crippen molar-refractivity contribution in [3.8, 4) is 5.40 Å². The smallest absolute Gasteiger partial charge is 0.175 e. The highest BCUT2D eigenvalue weighted by Crippen LogP contribution is 2.76. The topological polar surface area (TPSA) is 53.3 Å². The monoisotopic (exact) mass is 377 g/mol. The van der Waals surface area contributed by atoms with Crippen LogP contribution in [0.25, 0.3) is 0 Å². The van der Waals surface area contributed by atoms with Gasteiger partial charge in [0.05, 0.1) is 11.4 Å². The van der Waals surface area contributed by atoms with E-state index in [1.54, 1.807) is 0 Å². The Morgan fingerprint density at radius 1 is 1.12 bits per heavy atom. The fourth-order valence-electron chi connectivity index (χ4n) is 4.20. The van der Waals surface area contributed by atoms with Gasteiger partial charge in [0.2, 0.25) is 0 Å². The normalized spacial score (nSPS) is 32.4. The van der Waals surface area contributed by atoms with E-state index in [-0.39, 0.29) is 0 Å². The van der Waals surface area contributed by atoms with Gasteiger partial charge in [0.25, 0.3) is 0 Å². The predicted octanol–water partition coefficient (Wildman–Crippen LogP) is 3.55. The number of rotatable bonds is 3. The average Bonchev–Trinajstić information content (AvgIpc) is 3.26. The van der Waals surface area contributed by atoms with Crippen LogP contribution < -0.4 is 0 Å². The molecule has 0 aromatic heterocycles. The lowest BCUT2D eigenvalue weighted by atomic mass is 9.95. The van der Waals surface area contributed by atoms with Crippen molar-refractivity contribution < 1.29 is 4.55 Å². The fourth-order valence-corrected chi connectivity index (χ4v) is 7.58. The summed E-state index contributed by atoms with van der Waals surface area (Å²) in [5.74, 6) is 0.872. The second-order valence-electron chi connectivity index (χ2n) is 7.75. The zero-order chi connectivity index (χ0) is 17.6. The van der Waals surface area contributed by atoms with Crippen molar-refractivity contribution >= 4 is 21.4 Å². The molecule has 1 aromatic rings. The molecule has 3 heterocycles. The van der Waals surface area contributed by atoms with Crippen molar-refractivity contribution in [3.05, 3.63) is 18.2 Å². The quantitative estimate of drug-likeness (QED) is 0.459. The molecule has 0 aliphatic carbocycles. The van der Waals surface area contributed by atoms with E-state index in [2.05, 4.69) is 21.5 Å². The molecule has 6 heteroatoms. The zero-order valence-electron chi connectivity index (χ0n) is 15.1. The van der Waals surface area contributed by atoms with Crippen molar-refractivity contribution in [1.29, 1.82) is 5.26 Å². The van der Waals surface area contributed by atoms with Gasteiger partial charge in [-0.3, -0.25) is 0 Å². The molecular formula is C19H27N3OS2. The van der Waals surface area contributed by atoms with Crippen LogP contribution in [0.3, 0.4) is 0 Å². The minimum Gasteiger partial charge on any atom is -0.593 e. The molecule has 2 unspecified atom stereocenters. The molecule has 0 spiro atoms. The predicted molar refractivity (Wildman–Crippen MR) is 103 cm³/mol. The lowest BCUT2D eigenvalue weighted by Gasteiger charge is -2.40. The summed E-state index contributed by atoms with van der Waals surface area (Å²) < 4.78 is 15.1. The molecule has 2 saturated heterocycles. The third-order valence-corrected chi connectivity index (χ3v) is 10.2. The van der Waals surface area contributed by atoms with Gasteiger partial charge in [-0.2, -0.15) is 5.26 Å². The molecule has 3 aliphatic rings. The molecular weight excluding hydrogens is 350 g/mol. The Bertz CT molecular complexity index is 690. The molecule has 4 nitrogen and oxygen atoms in total. The van der Waals surface area contributed by atoms with Gasteiger partial charge in [0.15, 0.2) is 4.90 Å². The molecule has 0 radical (unpaired) electrons. The Labute approximate surface area is 155 Å². The Hall–Kier alpha value is -0.710. The lowest BCUT2D eigenvalue weighted by Crippen LogP contribution is -2.48. The summed E-state index contributed by atoms with van der Waals surface area (Å²) in [5.41, 5.74) is 0. The number of benzene rings is 1. The number of piperidine rings is 2. The fraction of sp³-hybridized carbons (Fsp3) is 0.632. The summed E-state index contributed by atoms with van der Waals surface area (Å²) in [6.45, 7) is 6.63. The van der Waals surface area contributed by atoms with E-state index in [1.807, 2.05) is 24.5 Å². The van der Waals surface area contributed by atoms with Gasteiger partial charge in [-0.1, -0.05) is 17.0 Å². The molecule has 1 aromatic carbocycles. The SMILES string of the molecule is CC1CCN(C2CCN([S+]([O-])c3ccc4c(c3)S4(C)C#N)CC2)CC1. The van der Waals surface area contributed by atoms with Gasteiger partial charge < -0.3 is 9.45 Å². The maximum absolute atomic E-state index is 13.0. The Balaban J connectivity index is 1.35. The van der Waals surface area contributed by atoms with Gasteiger partial charge in [-0.15, -0.1) is 4.31 Å². The van der Waals surface area contributed by atoms with Gasteiger partial charge in [0.1, 0.15) is 5.40 Å². The first-order chi connectivity index (χ1) is 12.0. The number of hydrogen-bond acceptors (Lipinski definition) is 4. The van der Waals surface area contributed by atoms with Crippen LogP contribution >= 0.6 is 10.0 Å². The molecule has 0 N–H and O–H groups in total. The van der Waals surface area contributed by atoms with Gasteiger partial charge in [0, 0.05) is 35.0 Å². The van der Waals surface area contributed by atoms with Crippen LogP contribution in [-0.4, -0.2) is 52.2 Å². The van der Waals surface area contributed by atoms with Crippen molar-refractivity contribution in [1.82, 2.24) is 9.21 Å². The van der Waals surface area contributed by atoms with Gasteiger partial charge >= 0.3 is 0 Å². The molecule has 2 fully saturated rings. The van der Waals surface area contributed by atoms with Gasteiger partial charge in [-0.25, -0.2) is 0 Å². The Kier molecular flexibility index (Phi) is 4.80. The maximum atomic E-state index is 13.0. The molecule has 2 atom stereocenters. The summed E-state index contributed by atoms with van der Waals surface area (Å²) in [5, 5.41) is 11.8. The third-order valence-electron chi connectivity index (χ3n) is 6.13. The standard InChI is InChI=1S/C19H27N3OS2/c1-15-5-9-21(10-6-15)16-7-11-22(12-8-16)24(23)17-3-4-18-19(13-17)25(18,2)14-20/h3-4,13,15-16H,5-12H2,1-2H3. The van der Waals surface area contributed by atoms with E-state index in [4.69, 9.17) is 0 Å². The van der Waals surface area contributed by atoms with Gasteiger partial charge in [-0.05, 0) is 63.1 Å². The van der Waals surface area contributed by atoms with Crippen LogP contribution in [0.1, 0.15) is 32.6 Å². The molecule has 4 rings (SSSR count). The summed E-state index contributed by atoms with van der Waals surface area (Å²) in [4.78, 5) is 5.84. The highest BCUT2D eigenvalue weighted by Gasteiger charge is 2.43. The van der Waals surface area contributed by atoms with E-state index < -0.39 is 21.4 Å². The summed E-state index contributed by atoms with van der Waals surface area (Å²) >= 11 is -1.09. The van der Waals surface area contributed by atoms with Crippen LogP contribution in [0.5, 0.6) is 0 Å². The summed E-state index contributed by atoms with van der Waals surface area (Å²) in [7, 11) is -1.34. The third kappa shape index (κ3) is 3.22. The van der Waals surface area contributed by atoms with Crippen LogP contribution in [0.2, 0.25) is 0 Å². The second kappa shape index (κ2) is 6.79. The Morgan fingerprint density at radius 2 is 1.80 bits per heavy atom. The number of nitrogens with zero attached hydrogens (tertiary/aromatic N) is 3. The number of likely N-dealkylation sites (tertiary alicyclic amines) is 1. The van der Waals surface area contributed by atoms with E-state index in [0.717, 1.165) is 41.6 Å². The maximum Gasteiger partial charge on any atom is 0.175 e. The average molecular weight is 378 g/mol. The van der Waals surface area contributed by atoms with E-state index >= 15 is 0 Å². The van der Waals surface area contributed by atoms with E-state index in [1.165, 1.54) is 30.8 Å². The largest absolute Gasteiger partial charge is 0.593 e. The highest BCUT2D eigenvalue weighted by atomic mass is 32.3. The van der Waals surface area contributed by atoms with E-state index in [9.17, 15) is 9.81 Å². The van der Waals surface area contributed by atoms with Crippen molar-refractivity contribution in [3.63, 3.8) is 0 Å². The van der Waals surface area contributed by atoms with Crippen molar-refractivity contribution in [2.75, 3.05) is 32.4 Å². The summed E-state index contributed by atoms with van der Waals surface area (Å²) in [6.07, 6.45) is 6.90. The minimum absolute atomic E-state index is 0.667. The molecule has 0 bridgehead atoms.